The number of aryl methyl sites for hydroxylation is 1. The Morgan fingerprint density at radius 2 is 1.62 bits per heavy atom. The molecule has 3 aromatic carbocycles. The first-order valence-corrected chi connectivity index (χ1v) is 8.37. The molecular weight excluding hydrogens is 325 g/mol. The minimum Gasteiger partial charge on any atom is -0.296 e. The topological polar surface area (TPSA) is 41.6 Å². The number of hydrogen-bond acceptors (Lipinski definition) is 2. The maximum atomic E-state index is 13.7. The molecule has 0 fully saturated rings. The summed E-state index contributed by atoms with van der Waals surface area (Å²) in [6.45, 7) is 1.92. The second-order valence-electron chi connectivity index (χ2n) is 6.21. The first kappa shape index (κ1) is 16.0. The van der Waals surface area contributed by atoms with Crippen molar-refractivity contribution in [1.29, 1.82) is 5.26 Å². The van der Waals surface area contributed by atoms with Crippen LogP contribution in [0, 0.1) is 24.1 Å². The van der Waals surface area contributed by atoms with Crippen molar-refractivity contribution in [2.75, 3.05) is 0 Å². The summed E-state index contributed by atoms with van der Waals surface area (Å²) in [6, 6.07) is 22.9. The van der Waals surface area contributed by atoms with Gasteiger partial charge in [-0.25, -0.2) is 9.37 Å². The Morgan fingerprint density at radius 3 is 2.27 bits per heavy atom. The van der Waals surface area contributed by atoms with E-state index in [1.54, 1.807) is 6.07 Å². The number of hydrogen-bond donors (Lipinski definition) is 0. The molecule has 4 heteroatoms. The van der Waals surface area contributed by atoms with Crippen molar-refractivity contribution < 1.29 is 4.39 Å². The van der Waals surface area contributed by atoms with Crippen molar-refractivity contribution in [3.8, 4) is 22.9 Å². The summed E-state index contributed by atoms with van der Waals surface area (Å²) in [6.07, 6.45) is 0.419. The van der Waals surface area contributed by atoms with Gasteiger partial charge in [-0.15, -0.1) is 0 Å². The van der Waals surface area contributed by atoms with E-state index in [-0.39, 0.29) is 5.82 Å². The molecule has 0 aliphatic rings. The van der Waals surface area contributed by atoms with Crippen LogP contribution in [0.3, 0.4) is 0 Å². The van der Waals surface area contributed by atoms with E-state index in [0.29, 0.717) is 6.42 Å². The van der Waals surface area contributed by atoms with Crippen LogP contribution in [0.5, 0.6) is 0 Å². The standard InChI is InChI=1S/C22H16FN3/c1-15-25-21-11-8-19(23)14-22(21)26(15)20-9-6-18(7-10-20)17-4-2-16(3-5-17)12-13-24/h2-11,14H,12H2,1H3. The molecule has 0 radical (unpaired) electrons. The fourth-order valence-corrected chi connectivity index (χ4v) is 3.20. The van der Waals surface area contributed by atoms with Crippen LogP contribution in [0.15, 0.2) is 66.7 Å². The molecular formula is C22H16FN3. The van der Waals surface area contributed by atoms with Gasteiger partial charge in [0.15, 0.2) is 0 Å². The lowest BCUT2D eigenvalue weighted by molar-refractivity contribution is 0.629. The van der Waals surface area contributed by atoms with Gasteiger partial charge in [0.25, 0.3) is 0 Å². The highest BCUT2D eigenvalue weighted by Gasteiger charge is 2.10. The first-order chi connectivity index (χ1) is 12.7. The molecule has 1 aromatic heterocycles. The van der Waals surface area contributed by atoms with Gasteiger partial charge in [0.05, 0.1) is 23.5 Å². The SMILES string of the molecule is Cc1nc2ccc(F)cc2n1-c1ccc(-c2ccc(CC#N)cc2)cc1. The molecule has 126 valence electrons. The van der Waals surface area contributed by atoms with E-state index in [9.17, 15) is 4.39 Å². The minimum atomic E-state index is -0.271. The molecule has 3 nitrogen and oxygen atoms in total. The van der Waals surface area contributed by atoms with Gasteiger partial charge in [-0.05, 0) is 47.9 Å². The van der Waals surface area contributed by atoms with Gasteiger partial charge in [-0.1, -0.05) is 36.4 Å². The molecule has 0 N–H and O–H groups in total. The third kappa shape index (κ3) is 2.84. The minimum absolute atomic E-state index is 0.271. The molecule has 4 rings (SSSR count). The van der Waals surface area contributed by atoms with Crippen LogP contribution in [-0.4, -0.2) is 9.55 Å². The molecule has 0 amide bonds. The maximum absolute atomic E-state index is 13.7. The van der Waals surface area contributed by atoms with Gasteiger partial charge >= 0.3 is 0 Å². The Hall–Kier alpha value is -3.45. The van der Waals surface area contributed by atoms with Gasteiger partial charge in [0.1, 0.15) is 11.6 Å². The molecule has 0 spiro atoms. The third-order valence-electron chi connectivity index (χ3n) is 4.48. The lowest BCUT2D eigenvalue weighted by Crippen LogP contribution is -1.97. The second-order valence-corrected chi connectivity index (χ2v) is 6.21. The van der Waals surface area contributed by atoms with Crippen LogP contribution in [-0.2, 0) is 6.42 Å². The van der Waals surface area contributed by atoms with Crippen LogP contribution in [0.2, 0.25) is 0 Å². The number of halogens is 1. The molecule has 4 aromatic rings. The quantitative estimate of drug-likeness (QED) is 0.513. The Balaban J connectivity index is 1.71. The molecule has 0 aliphatic heterocycles. The van der Waals surface area contributed by atoms with Crippen molar-refractivity contribution in [2.45, 2.75) is 13.3 Å². The predicted molar refractivity (Wildman–Crippen MR) is 101 cm³/mol. The number of rotatable bonds is 3. The number of nitrogens with zero attached hydrogens (tertiary/aromatic N) is 3. The van der Waals surface area contributed by atoms with Crippen LogP contribution >= 0.6 is 0 Å². The van der Waals surface area contributed by atoms with Gasteiger partial charge in [0.2, 0.25) is 0 Å². The zero-order valence-corrected chi connectivity index (χ0v) is 14.3. The predicted octanol–water partition coefficient (Wildman–Crippen LogP) is 5.21. The number of aromatic nitrogens is 2. The number of fused-ring (bicyclic) bond motifs is 1. The molecule has 0 saturated carbocycles. The van der Waals surface area contributed by atoms with E-state index in [1.165, 1.54) is 12.1 Å². The van der Waals surface area contributed by atoms with E-state index in [4.69, 9.17) is 5.26 Å². The largest absolute Gasteiger partial charge is 0.296 e. The zero-order chi connectivity index (χ0) is 18.1. The highest BCUT2D eigenvalue weighted by molar-refractivity contribution is 5.78. The first-order valence-electron chi connectivity index (χ1n) is 8.37. The Labute approximate surface area is 151 Å². The molecule has 0 bridgehead atoms. The fraction of sp³-hybridized carbons (Fsp3) is 0.0909. The second kappa shape index (κ2) is 6.45. The summed E-state index contributed by atoms with van der Waals surface area (Å²) < 4.78 is 15.6. The molecule has 0 unspecified atom stereocenters. The number of nitriles is 1. The Bertz CT molecular complexity index is 1120. The maximum Gasteiger partial charge on any atom is 0.125 e. The summed E-state index contributed by atoms with van der Waals surface area (Å²) in [5, 5.41) is 8.76. The summed E-state index contributed by atoms with van der Waals surface area (Å²) in [7, 11) is 0. The average molecular weight is 341 g/mol. The normalized spacial score (nSPS) is 10.8. The smallest absolute Gasteiger partial charge is 0.125 e. The van der Waals surface area contributed by atoms with Crippen LogP contribution in [0.25, 0.3) is 27.8 Å². The number of imidazole rings is 1. The van der Waals surface area contributed by atoms with Crippen molar-refractivity contribution in [3.63, 3.8) is 0 Å². The number of benzene rings is 3. The van der Waals surface area contributed by atoms with Gasteiger partial charge in [-0.3, -0.25) is 4.57 Å². The van der Waals surface area contributed by atoms with Crippen LogP contribution in [0.4, 0.5) is 4.39 Å². The van der Waals surface area contributed by atoms with Gasteiger partial charge in [-0.2, -0.15) is 5.26 Å². The monoisotopic (exact) mass is 341 g/mol. The van der Waals surface area contributed by atoms with Crippen molar-refractivity contribution >= 4 is 11.0 Å². The summed E-state index contributed by atoms with van der Waals surface area (Å²) in [5.74, 6) is 0.548. The van der Waals surface area contributed by atoms with E-state index in [2.05, 4.69) is 11.1 Å². The highest BCUT2D eigenvalue weighted by Crippen LogP contribution is 2.25. The van der Waals surface area contributed by atoms with E-state index < -0.39 is 0 Å². The van der Waals surface area contributed by atoms with Gasteiger partial charge in [0, 0.05) is 11.8 Å². The summed E-state index contributed by atoms with van der Waals surface area (Å²) >= 11 is 0. The van der Waals surface area contributed by atoms with Crippen LogP contribution in [0.1, 0.15) is 11.4 Å². The molecule has 0 atom stereocenters. The molecule has 1 heterocycles. The molecule has 0 aliphatic carbocycles. The Morgan fingerprint density at radius 1 is 0.962 bits per heavy atom. The highest BCUT2D eigenvalue weighted by atomic mass is 19.1. The lowest BCUT2D eigenvalue weighted by atomic mass is 10.0. The van der Waals surface area contributed by atoms with Crippen molar-refractivity contribution in [3.05, 3.63) is 83.9 Å². The fourth-order valence-electron chi connectivity index (χ4n) is 3.20. The van der Waals surface area contributed by atoms with Crippen LogP contribution < -0.4 is 0 Å². The third-order valence-corrected chi connectivity index (χ3v) is 4.48. The Kier molecular flexibility index (Phi) is 3.98. The molecule has 26 heavy (non-hydrogen) atoms. The van der Waals surface area contributed by atoms with E-state index in [0.717, 1.165) is 39.2 Å². The summed E-state index contributed by atoms with van der Waals surface area (Å²) in [5.41, 5.74) is 5.68. The molecule has 0 saturated heterocycles. The van der Waals surface area contributed by atoms with Crippen molar-refractivity contribution in [1.82, 2.24) is 9.55 Å². The van der Waals surface area contributed by atoms with E-state index >= 15 is 0 Å². The lowest BCUT2D eigenvalue weighted by Gasteiger charge is -2.09. The zero-order valence-electron chi connectivity index (χ0n) is 14.3. The summed E-state index contributed by atoms with van der Waals surface area (Å²) in [4.78, 5) is 4.51. The van der Waals surface area contributed by atoms with Gasteiger partial charge < -0.3 is 0 Å². The van der Waals surface area contributed by atoms with Crippen molar-refractivity contribution in [2.24, 2.45) is 0 Å². The average Bonchev–Trinajstić information content (AvgIpc) is 2.98. The van der Waals surface area contributed by atoms with E-state index in [1.807, 2.05) is 60.0 Å².